The molecule has 0 spiro atoms. The van der Waals surface area contributed by atoms with Gasteiger partial charge in [-0.2, -0.15) is 5.10 Å². The summed E-state index contributed by atoms with van der Waals surface area (Å²) in [5.74, 6) is -0.152. The quantitative estimate of drug-likeness (QED) is 0.844. The molecule has 18 heavy (non-hydrogen) atoms. The van der Waals surface area contributed by atoms with Gasteiger partial charge in [0.1, 0.15) is 0 Å². The third kappa shape index (κ3) is 2.89. The first-order chi connectivity index (χ1) is 8.68. The number of carbonyl (C=O) groups excluding carboxylic acids is 1. The van der Waals surface area contributed by atoms with E-state index in [0.717, 1.165) is 0 Å². The lowest BCUT2D eigenvalue weighted by Crippen LogP contribution is -2.27. The van der Waals surface area contributed by atoms with E-state index < -0.39 is 0 Å². The minimum absolute atomic E-state index is 0.152. The molecule has 0 saturated heterocycles. The predicted octanol–water partition coefficient (Wildman–Crippen LogP) is 1.66. The maximum Gasteiger partial charge on any atom is 0.252 e. The zero-order chi connectivity index (χ0) is 13.0. The van der Waals surface area contributed by atoms with E-state index in [1.165, 1.54) is 0 Å². The normalized spacial score (nSPS) is 10.3. The summed E-state index contributed by atoms with van der Waals surface area (Å²) in [6, 6.07) is 7.06. The van der Waals surface area contributed by atoms with Crippen LogP contribution in [0.15, 0.2) is 41.1 Å². The molecule has 1 heterocycles. The van der Waals surface area contributed by atoms with Gasteiger partial charge in [-0.05, 0) is 34.1 Å². The van der Waals surface area contributed by atoms with Crippen LogP contribution in [0.4, 0.5) is 5.69 Å². The van der Waals surface area contributed by atoms with Gasteiger partial charge in [0.25, 0.3) is 5.91 Å². The second kappa shape index (κ2) is 5.68. The monoisotopic (exact) mass is 308 g/mol. The fraction of sp³-hybridized carbons (Fsp3) is 0.167. The van der Waals surface area contributed by atoms with Crippen molar-refractivity contribution in [1.82, 2.24) is 15.1 Å². The van der Waals surface area contributed by atoms with Gasteiger partial charge in [0.2, 0.25) is 0 Å². The van der Waals surface area contributed by atoms with Crippen LogP contribution in [0.1, 0.15) is 10.4 Å². The van der Waals surface area contributed by atoms with Gasteiger partial charge >= 0.3 is 0 Å². The number of nitrogens with two attached hydrogens (primary N) is 1. The number of hydrogen-bond donors (Lipinski definition) is 2. The highest BCUT2D eigenvalue weighted by Gasteiger charge is 2.10. The Morgan fingerprint density at radius 3 is 3.00 bits per heavy atom. The molecule has 0 aliphatic carbocycles. The van der Waals surface area contributed by atoms with E-state index in [9.17, 15) is 4.79 Å². The van der Waals surface area contributed by atoms with Crippen LogP contribution in [0.5, 0.6) is 0 Å². The van der Waals surface area contributed by atoms with Gasteiger partial charge in [0, 0.05) is 24.6 Å². The Hall–Kier alpha value is -1.82. The van der Waals surface area contributed by atoms with E-state index in [4.69, 9.17) is 5.73 Å². The van der Waals surface area contributed by atoms with Gasteiger partial charge in [-0.25, -0.2) is 0 Å². The van der Waals surface area contributed by atoms with E-state index in [1.807, 2.05) is 12.3 Å². The van der Waals surface area contributed by atoms with Crippen molar-refractivity contribution in [3.8, 4) is 0 Å². The van der Waals surface area contributed by atoms with Gasteiger partial charge in [0.05, 0.1) is 16.6 Å². The van der Waals surface area contributed by atoms with Crippen LogP contribution in [0.3, 0.4) is 0 Å². The summed E-state index contributed by atoms with van der Waals surface area (Å²) >= 11 is 3.31. The first kappa shape index (κ1) is 12.6. The van der Waals surface area contributed by atoms with Crippen LogP contribution in [-0.2, 0) is 6.54 Å². The fourth-order valence-electron chi connectivity index (χ4n) is 1.54. The molecule has 0 atom stereocenters. The minimum atomic E-state index is -0.152. The van der Waals surface area contributed by atoms with Crippen molar-refractivity contribution in [3.05, 3.63) is 46.7 Å². The lowest BCUT2D eigenvalue weighted by molar-refractivity contribution is 0.0951. The number of aromatic nitrogens is 2. The van der Waals surface area contributed by atoms with E-state index in [2.05, 4.69) is 26.3 Å². The van der Waals surface area contributed by atoms with Crippen molar-refractivity contribution in [1.29, 1.82) is 0 Å². The Bertz CT molecular complexity index is 539. The van der Waals surface area contributed by atoms with Crippen molar-refractivity contribution < 1.29 is 4.79 Å². The molecule has 0 aliphatic rings. The van der Waals surface area contributed by atoms with Crippen LogP contribution in [0.25, 0.3) is 0 Å². The van der Waals surface area contributed by atoms with Gasteiger partial charge < -0.3 is 11.1 Å². The molecular formula is C12H13BrN4O. The standard InChI is InChI=1S/C12H13BrN4O/c13-11-9(3-1-4-10(11)14)12(18)15-6-8-17-7-2-5-16-17/h1-5,7H,6,8,14H2,(H,15,18). The summed E-state index contributed by atoms with van der Waals surface area (Å²) in [5.41, 5.74) is 6.81. The molecule has 0 bridgehead atoms. The summed E-state index contributed by atoms with van der Waals surface area (Å²) in [7, 11) is 0. The van der Waals surface area contributed by atoms with Crippen molar-refractivity contribution in [2.45, 2.75) is 6.54 Å². The van der Waals surface area contributed by atoms with Crippen LogP contribution in [-0.4, -0.2) is 22.2 Å². The number of nitrogens with one attached hydrogen (secondary N) is 1. The first-order valence-corrected chi connectivity index (χ1v) is 6.27. The maximum atomic E-state index is 11.9. The molecule has 1 aromatic heterocycles. The number of benzene rings is 1. The van der Waals surface area contributed by atoms with Crippen molar-refractivity contribution >= 4 is 27.5 Å². The third-order valence-electron chi connectivity index (χ3n) is 2.46. The molecule has 0 radical (unpaired) electrons. The van der Waals surface area contributed by atoms with E-state index in [1.54, 1.807) is 29.1 Å². The second-order valence-electron chi connectivity index (χ2n) is 3.73. The fourth-order valence-corrected chi connectivity index (χ4v) is 1.98. The number of hydrogen-bond acceptors (Lipinski definition) is 3. The van der Waals surface area contributed by atoms with Crippen LogP contribution >= 0.6 is 15.9 Å². The summed E-state index contributed by atoms with van der Waals surface area (Å²) in [6.45, 7) is 1.15. The van der Waals surface area contributed by atoms with Gasteiger partial charge in [-0.15, -0.1) is 0 Å². The zero-order valence-corrected chi connectivity index (χ0v) is 11.2. The summed E-state index contributed by atoms with van der Waals surface area (Å²) in [5, 5.41) is 6.87. The van der Waals surface area contributed by atoms with E-state index in [-0.39, 0.29) is 5.91 Å². The molecule has 1 aromatic carbocycles. The lowest BCUT2D eigenvalue weighted by atomic mass is 10.2. The summed E-state index contributed by atoms with van der Waals surface area (Å²) in [4.78, 5) is 11.9. The molecule has 0 aliphatic heterocycles. The Morgan fingerprint density at radius 1 is 1.44 bits per heavy atom. The Kier molecular flexibility index (Phi) is 3.99. The summed E-state index contributed by atoms with van der Waals surface area (Å²) < 4.78 is 2.39. The largest absolute Gasteiger partial charge is 0.398 e. The van der Waals surface area contributed by atoms with Crippen LogP contribution in [0.2, 0.25) is 0 Å². The molecule has 0 unspecified atom stereocenters. The lowest BCUT2D eigenvalue weighted by Gasteiger charge is -2.08. The van der Waals surface area contributed by atoms with Crippen molar-refractivity contribution in [3.63, 3.8) is 0 Å². The number of halogens is 1. The van der Waals surface area contributed by atoms with Crippen LogP contribution < -0.4 is 11.1 Å². The number of rotatable bonds is 4. The second-order valence-corrected chi connectivity index (χ2v) is 4.53. The van der Waals surface area contributed by atoms with Gasteiger partial charge in [0.15, 0.2) is 0 Å². The number of amides is 1. The SMILES string of the molecule is Nc1cccc(C(=O)NCCn2cccn2)c1Br. The highest BCUT2D eigenvalue weighted by atomic mass is 79.9. The van der Waals surface area contributed by atoms with E-state index >= 15 is 0 Å². The highest BCUT2D eigenvalue weighted by molar-refractivity contribution is 9.10. The van der Waals surface area contributed by atoms with Crippen molar-refractivity contribution in [2.75, 3.05) is 12.3 Å². The molecule has 3 N–H and O–H groups in total. The molecule has 0 fully saturated rings. The molecule has 0 saturated carbocycles. The van der Waals surface area contributed by atoms with Gasteiger partial charge in [-0.1, -0.05) is 6.07 Å². The summed E-state index contributed by atoms with van der Waals surface area (Å²) in [6.07, 6.45) is 3.55. The molecular weight excluding hydrogens is 296 g/mol. The number of nitrogen functional groups attached to an aromatic ring is 1. The number of carbonyl (C=O) groups is 1. The minimum Gasteiger partial charge on any atom is -0.398 e. The molecule has 94 valence electrons. The average Bonchev–Trinajstić information content (AvgIpc) is 2.85. The van der Waals surface area contributed by atoms with Crippen molar-refractivity contribution in [2.24, 2.45) is 0 Å². The zero-order valence-electron chi connectivity index (χ0n) is 9.64. The molecule has 2 aromatic rings. The molecule has 5 nitrogen and oxygen atoms in total. The van der Waals surface area contributed by atoms with E-state index in [0.29, 0.717) is 28.8 Å². The first-order valence-electron chi connectivity index (χ1n) is 5.48. The molecule has 1 amide bonds. The van der Waals surface area contributed by atoms with Gasteiger partial charge in [-0.3, -0.25) is 9.48 Å². The highest BCUT2D eigenvalue weighted by Crippen LogP contribution is 2.23. The Labute approximate surface area is 113 Å². The predicted molar refractivity (Wildman–Crippen MR) is 73.1 cm³/mol. The van der Waals surface area contributed by atoms with Crippen LogP contribution in [0, 0.1) is 0 Å². The number of nitrogens with zero attached hydrogens (tertiary/aromatic N) is 2. The Morgan fingerprint density at radius 2 is 2.28 bits per heavy atom. The maximum absolute atomic E-state index is 11.9. The average molecular weight is 309 g/mol. The topological polar surface area (TPSA) is 72.9 Å². The Balaban J connectivity index is 1.93. The number of anilines is 1. The molecule has 2 rings (SSSR count). The molecule has 6 heteroatoms. The third-order valence-corrected chi connectivity index (χ3v) is 3.34. The smallest absolute Gasteiger partial charge is 0.252 e.